The lowest BCUT2D eigenvalue weighted by molar-refractivity contribution is 0.0690. The minimum atomic E-state index is -1.20. The van der Waals surface area contributed by atoms with Gasteiger partial charge in [0, 0.05) is 17.4 Å². The van der Waals surface area contributed by atoms with E-state index >= 15 is 8.78 Å². The Labute approximate surface area is 255 Å². The Morgan fingerprint density at radius 2 is 1.82 bits per heavy atom. The van der Waals surface area contributed by atoms with Gasteiger partial charge in [-0.25, -0.2) is 32.9 Å². The molecule has 1 aliphatic rings. The van der Waals surface area contributed by atoms with E-state index in [4.69, 9.17) is 14.7 Å². The Hall–Kier alpha value is -5.28. The van der Waals surface area contributed by atoms with E-state index in [0.717, 1.165) is 18.2 Å². The van der Waals surface area contributed by atoms with Gasteiger partial charge in [-0.1, -0.05) is 26.0 Å². The fourth-order valence-corrected chi connectivity index (χ4v) is 5.36. The number of ether oxygens (including phenoxy) is 2. The molecule has 6 rings (SSSR count). The van der Waals surface area contributed by atoms with Crippen molar-refractivity contribution in [3.63, 3.8) is 0 Å². The Bertz CT molecular complexity index is 1990. The third-order valence-corrected chi connectivity index (χ3v) is 7.83. The van der Waals surface area contributed by atoms with Gasteiger partial charge in [0.15, 0.2) is 17.2 Å². The second kappa shape index (κ2) is 11.7. The van der Waals surface area contributed by atoms with Crippen molar-refractivity contribution in [2.24, 2.45) is 5.41 Å². The molecule has 1 N–H and O–H groups in total. The highest BCUT2D eigenvalue weighted by atomic mass is 19.1. The van der Waals surface area contributed by atoms with Crippen molar-refractivity contribution in [2.45, 2.75) is 32.9 Å². The van der Waals surface area contributed by atoms with Gasteiger partial charge in [0.2, 0.25) is 0 Å². The van der Waals surface area contributed by atoms with E-state index in [1.807, 2.05) is 19.9 Å². The number of nitriles is 1. The largest absolute Gasteiger partial charge is 0.477 e. The number of hydrogen-bond acceptors (Lipinski definition) is 7. The van der Waals surface area contributed by atoms with E-state index in [1.54, 1.807) is 28.8 Å². The number of nitrogens with zero attached hydrogens (tertiary/aromatic N) is 5. The number of carboxylic acid groups (broad SMARTS) is 1. The van der Waals surface area contributed by atoms with E-state index in [0.29, 0.717) is 41.3 Å². The molecular weight excluding hydrogens is 587 g/mol. The molecule has 0 aliphatic carbocycles. The summed E-state index contributed by atoms with van der Waals surface area (Å²) in [4.78, 5) is 24.7. The fourth-order valence-electron chi connectivity index (χ4n) is 5.36. The lowest BCUT2D eigenvalue weighted by Crippen LogP contribution is -2.27. The van der Waals surface area contributed by atoms with E-state index < -0.39 is 23.4 Å². The molecule has 2 aromatic carbocycles. The summed E-state index contributed by atoms with van der Waals surface area (Å²) in [6.45, 7) is 4.69. The van der Waals surface area contributed by atoms with Gasteiger partial charge >= 0.3 is 5.97 Å². The minimum absolute atomic E-state index is 0.00221. The van der Waals surface area contributed by atoms with Crippen LogP contribution in [0.1, 0.15) is 52.9 Å². The molecule has 1 saturated heterocycles. The molecular formula is C33H26F3N5O4. The summed E-state index contributed by atoms with van der Waals surface area (Å²) < 4.78 is 58.7. The maximum Gasteiger partial charge on any atom is 0.354 e. The first-order valence-corrected chi connectivity index (χ1v) is 14.0. The molecule has 45 heavy (non-hydrogen) atoms. The summed E-state index contributed by atoms with van der Waals surface area (Å²) in [5, 5.41) is 18.5. The Balaban J connectivity index is 1.32. The first-order chi connectivity index (χ1) is 21.5. The zero-order valence-electron chi connectivity index (χ0n) is 24.2. The molecule has 12 heteroatoms. The molecule has 1 atom stereocenters. The summed E-state index contributed by atoms with van der Waals surface area (Å²) >= 11 is 0. The second-order valence-corrected chi connectivity index (χ2v) is 11.4. The van der Waals surface area contributed by atoms with Crippen molar-refractivity contribution in [1.82, 2.24) is 19.5 Å². The number of halogens is 3. The minimum Gasteiger partial charge on any atom is -0.477 e. The number of benzene rings is 2. The van der Waals surface area contributed by atoms with E-state index in [2.05, 4.69) is 15.0 Å². The number of rotatable bonds is 8. The predicted molar refractivity (Wildman–Crippen MR) is 156 cm³/mol. The predicted octanol–water partition coefficient (Wildman–Crippen LogP) is 6.25. The number of carbonyl (C=O) groups is 1. The van der Waals surface area contributed by atoms with Gasteiger partial charge in [-0.2, -0.15) is 5.26 Å². The molecule has 0 bridgehead atoms. The van der Waals surface area contributed by atoms with Crippen molar-refractivity contribution in [3.05, 3.63) is 106 Å². The summed E-state index contributed by atoms with van der Waals surface area (Å²) in [6.07, 6.45) is -0.121. The van der Waals surface area contributed by atoms with Crippen LogP contribution in [0.5, 0.6) is 5.88 Å². The Kier molecular flexibility index (Phi) is 7.72. The summed E-state index contributed by atoms with van der Waals surface area (Å²) in [5.74, 6) is -3.52. The quantitative estimate of drug-likeness (QED) is 0.218. The zero-order chi connectivity index (χ0) is 31.9. The summed E-state index contributed by atoms with van der Waals surface area (Å²) in [6, 6.07) is 15.4. The van der Waals surface area contributed by atoms with E-state index in [-0.39, 0.29) is 52.9 Å². The SMILES string of the molecule is CC1(C)COCC1n1c(Cc2cc(F)c(-c3ccc(F)c(OCc4ccc(C#N)cc4)n3)cc2F)nc2ccc(C(=O)O)nc21. The summed E-state index contributed by atoms with van der Waals surface area (Å²) in [7, 11) is 0. The van der Waals surface area contributed by atoms with Crippen LogP contribution in [0, 0.1) is 34.2 Å². The molecule has 3 aromatic heterocycles. The number of fused-ring (bicyclic) bond motifs is 1. The van der Waals surface area contributed by atoms with Crippen molar-refractivity contribution in [2.75, 3.05) is 13.2 Å². The Morgan fingerprint density at radius 3 is 2.51 bits per heavy atom. The van der Waals surface area contributed by atoms with Crippen molar-refractivity contribution in [3.8, 4) is 23.2 Å². The first kappa shape index (κ1) is 29.8. The van der Waals surface area contributed by atoms with E-state index in [1.165, 1.54) is 18.2 Å². The molecule has 4 heterocycles. The fraction of sp³-hybridized carbons (Fsp3) is 0.242. The van der Waals surface area contributed by atoms with Gasteiger partial charge in [-0.3, -0.25) is 0 Å². The monoisotopic (exact) mass is 613 g/mol. The molecule has 228 valence electrons. The number of aromatic nitrogens is 4. The number of hydrogen-bond donors (Lipinski definition) is 1. The van der Waals surface area contributed by atoms with Gasteiger partial charge in [0.05, 0.1) is 36.6 Å². The molecule has 0 radical (unpaired) electrons. The maximum atomic E-state index is 15.6. The molecule has 5 aromatic rings. The van der Waals surface area contributed by atoms with Crippen LogP contribution < -0.4 is 4.74 Å². The standard InChI is InChI=1S/C33H26F3N5O4/c1-33(2)17-44-16-28(33)41-29(38-26-9-10-27(32(42)43)39-30(26)41)12-20-11-24(36)21(13-23(20)35)25-8-7-22(34)31(40-25)45-15-19-5-3-18(14-37)4-6-19/h3-11,13,28H,12,15-17H2,1-2H3,(H,42,43). The number of pyridine rings is 2. The maximum absolute atomic E-state index is 15.6. The smallest absolute Gasteiger partial charge is 0.354 e. The van der Waals surface area contributed by atoms with Crippen LogP contribution in [-0.4, -0.2) is 43.8 Å². The molecule has 0 saturated carbocycles. The third-order valence-electron chi connectivity index (χ3n) is 7.83. The van der Waals surface area contributed by atoms with E-state index in [9.17, 15) is 14.3 Å². The molecule has 0 spiro atoms. The van der Waals surface area contributed by atoms with Crippen LogP contribution in [0.2, 0.25) is 0 Å². The highest BCUT2D eigenvalue weighted by molar-refractivity contribution is 5.88. The van der Waals surface area contributed by atoms with Crippen molar-refractivity contribution < 1.29 is 32.5 Å². The van der Waals surface area contributed by atoms with Gasteiger partial charge < -0.3 is 19.1 Å². The van der Waals surface area contributed by atoms with Gasteiger partial charge in [-0.15, -0.1) is 0 Å². The molecule has 1 aliphatic heterocycles. The normalized spacial score (nSPS) is 15.7. The van der Waals surface area contributed by atoms with Crippen LogP contribution in [-0.2, 0) is 17.8 Å². The number of imidazole rings is 1. The van der Waals surface area contributed by atoms with Crippen LogP contribution in [0.25, 0.3) is 22.4 Å². The lowest BCUT2D eigenvalue weighted by Gasteiger charge is -2.27. The van der Waals surface area contributed by atoms with Crippen molar-refractivity contribution in [1.29, 1.82) is 5.26 Å². The van der Waals surface area contributed by atoms with Gasteiger partial charge in [-0.05, 0) is 59.7 Å². The molecule has 1 fully saturated rings. The average molecular weight is 614 g/mol. The molecule has 9 nitrogen and oxygen atoms in total. The van der Waals surface area contributed by atoms with Crippen LogP contribution in [0.15, 0.2) is 60.7 Å². The van der Waals surface area contributed by atoms with Gasteiger partial charge in [0.1, 0.15) is 29.6 Å². The zero-order valence-corrected chi connectivity index (χ0v) is 24.2. The molecule has 1 unspecified atom stereocenters. The van der Waals surface area contributed by atoms with Crippen molar-refractivity contribution >= 4 is 17.1 Å². The van der Waals surface area contributed by atoms with Crippen LogP contribution >= 0.6 is 0 Å². The topological polar surface area (TPSA) is 123 Å². The Morgan fingerprint density at radius 1 is 1.04 bits per heavy atom. The lowest BCUT2D eigenvalue weighted by atomic mass is 9.87. The molecule has 0 amide bonds. The van der Waals surface area contributed by atoms with Crippen LogP contribution in [0.3, 0.4) is 0 Å². The number of aromatic carboxylic acids is 1. The summed E-state index contributed by atoms with van der Waals surface area (Å²) in [5.41, 5.74) is 1.10. The highest BCUT2D eigenvalue weighted by Gasteiger charge is 2.39. The van der Waals surface area contributed by atoms with Gasteiger partial charge in [0.25, 0.3) is 5.88 Å². The van der Waals surface area contributed by atoms with Crippen LogP contribution in [0.4, 0.5) is 13.2 Å². The third kappa shape index (κ3) is 5.82. The first-order valence-electron chi connectivity index (χ1n) is 14.0. The second-order valence-electron chi connectivity index (χ2n) is 11.4. The highest BCUT2D eigenvalue weighted by Crippen LogP contribution is 2.40. The average Bonchev–Trinajstić information content (AvgIpc) is 3.55. The number of carboxylic acids is 1.